The van der Waals surface area contributed by atoms with Crippen LogP contribution in [0.5, 0.6) is 23.0 Å². The van der Waals surface area contributed by atoms with E-state index in [0.29, 0.717) is 55.8 Å². The number of esters is 1. The van der Waals surface area contributed by atoms with Gasteiger partial charge in [0.1, 0.15) is 0 Å². The molecular weight excluding hydrogens is 496 g/mol. The van der Waals surface area contributed by atoms with E-state index in [1.807, 2.05) is 31.2 Å². The molecule has 2 aliphatic heterocycles. The van der Waals surface area contributed by atoms with Gasteiger partial charge in [-0.25, -0.2) is 9.79 Å². The highest BCUT2D eigenvalue weighted by Crippen LogP contribution is 2.38. The summed E-state index contributed by atoms with van der Waals surface area (Å²) in [5.74, 6) is 1.85. The number of carbonyl (C=O) groups excluding carboxylic acids is 1. The summed E-state index contributed by atoms with van der Waals surface area (Å²) in [7, 11) is 1.57. The average molecular weight is 523 g/mol. The molecule has 9 nitrogen and oxygen atoms in total. The standard InChI is InChI=1S/C27H26N2O7S/c1-5-33-18-9-7-16(11-20(18)32-4)12-22-25(30)29-24(17-8-10-19-21(13-17)36-14-35-19)23(26(31)34-6-2)15(3)28-27(29)37-22/h7-13,24H,5-6,14H2,1-4H3/b22-12-/t24-/m0/s1. The summed E-state index contributed by atoms with van der Waals surface area (Å²) in [6.45, 7) is 6.22. The molecule has 192 valence electrons. The van der Waals surface area contributed by atoms with Gasteiger partial charge >= 0.3 is 5.97 Å². The van der Waals surface area contributed by atoms with E-state index in [2.05, 4.69) is 4.99 Å². The van der Waals surface area contributed by atoms with Crippen LogP contribution in [-0.2, 0) is 9.53 Å². The zero-order valence-electron chi connectivity index (χ0n) is 20.9. The van der Waals surface area contributed by atoms with Gasteiger partial charge in [-0.15, -0.1) is 0 Å². The molecule has 1 atom stereocenters. The largest absolute Gasteiger partial charge is 0.493 e. The van der Waals surface area contributed by atoms with Gasteiger partial charge in [-0.05, 0) is 62.2 Å². The van der Waals surface area contributed by atoms with Gasteiger partial charge in [-0.3, -0.25) is 9.36 Å². The van der Waals surface area contributed by atoms with Crippen molar-refractivity contribution in [1.29, 1.82) is 0 Å². The normalized spacial score (nSPS) is 16.3. The Morgan fingerprint density at radius 2 is 1.95 bits per heavy atom. The number of hydrogen-bond acceptors (Lipinski definition) is 9. The molecule has 1 aromatic heterocycles. The minimum Gasteiger partial charge on any atom is -0.493 e. The molecule has 0 radical (unpaired) electrons. The quantitative estimate of drug-likeness (QED) is 0.440. The van der Waals surface area contributed by atoms with Crippen molar-refractivity contribution in [2.24, 2.45) is 4.99 Å². The molecule has 10 heteroatoms. The molecule has 0 saturated carbocycles. The Morgan fingerprint density at radius 3 is 2.70 bits per heavy atom. The molecule has 0 aliphatic carbocycles. The van der Waals surface area contributed by atoms with E-state index in [9.17, 15) is 9.59 Å². The Morgan fingerprint density at radius 1 is 1.14 bits per heavy atom. The van der Waals surface area contributed by atoms with Gasteiger partial charge in [0.25, 0.3) is 5.56 Å². The summed E-state index contributed by atoms with van der Waals surface area (Å²) in [6.07, 6.45) is 1.78. The number of benzene rings is 2. The molecule has 2 aliphatic rings. The SMILES string of the molecule is CCOC(=O)C1=C(C)N=c2s/c(=C\c3ccc(OCC)c(OC)c3)c(=O)n2[C@H]1c1ccc2c(c1)OCO2. The van der Waals surface area contributed by atoms with Crippen LogP contribution in [-0.4, -0.2) is 37.7 Å². The second kappa shape index (κ2) is 10.1. The smallest absolute Gasteiger partial charge is 0.338 e. The van der Waals surface area contributed by atoms with E-state index in [4.69, 9.17) is 23.7 Å². The van der Waals surface area contributed by atoms with E-state index in [1.54, 1.807) is 43.7 Å². The van der Waals surface area contributed by atoms with Crippen LogP contribution in [0.2, 0.25) is 0 Å². The lowest BCUT2D eigenvalue weighted by molar-refractivity contribution is -0.139. The fraction of sp³-hybridized carbons (Fsp3) is 0.296. The summed E-state index contributed by atoms with van der Waals surface area (Å²) in [4.78, 5) is 31.9. The van der Waals surface area contributed by atoms with Gasteiger partial charge in [-0.2, -0.15) is 0 Å². The lowest BCUT2D eigenvalue weighted by Gasteiger charge is -2.24. The zero-order valence-corrected chi connectivity index (χ0v) is 21.7. The van der Waals surface area contributed by atoms with Gasteiger partial charge in [-0.1, -0.05) is 23.5 Å². The second-order valence-electron chi connectivity index (χ2n) is 8.26. The number of nitrogens with zero attached hydrogens (tertiary/aromatic N) is 2. The third-order valence-electron chi connectivity index (χ3n) is 6.01. The fourth-order valence-electron chi connectivity index (χ4n) is 4.39. The molecule has 0 amide bonds. The third kappa shape index (κ3) is 4.48. The van der Waals surface area contributed by atoms with Crippen LogP contribution >= 0.6 is 11.3 Å². The number of hydrogen-bond donors (Lipinski definition) is 0. The van der Waals surface area contributed by atoms with Crippen molar-refractivity contribution in [3.63, 3.8) is 0 Å². The number of fused-ring (bicyclic) bond motifs is 2. The zero-order chi connectivity index (χ0) is 26.1. The van der Waals surface area contributed by atoms with Crippen LogP contribution in [0.25, 0.3) is 6.08 Å². The maximum atomic E-state index is 13.8. The summed E-state index contributed by atoms with van der Waals surface area (Å²) in [6, 6.07) is 10.1. The van der Waals surface area contributed by atoms with Gasteiger partial charge in [0.05, 0.1) is 42.2 Å². The molecule has 3 aromatic rings. The highest BCUT2D eigenvalue weighted by molar-refractivity contribution is 7.07. The first kappa shape index (κ1) is 24.6. The van der Waals surface area contributed by atoms with Crippen LogP contribution in [0, 0.1) is 0 Å². The lowest BCUT2D eigenvalue weighted by Crippen LogP contribution is -2.39. The van der Waals surface area contributed by atoms with Crippen LogP contribution in [0.15, 0.2) is 57.5 Å². The van der Waals surface area contributed by atoms with Gasteiger partial charge in [0.2, 0.25) is 6.79 Å². The van der Waals surface area contributed by atoms with Crippen LogP contribution in [0.3, 0.4) is 0 Å². The van der Waals surface area contributed by atoms with Crippen molar-refractivity contribution in [3.05, 3.63) is 78.5 Å². The Bertz CT molecular complexity index is 1580. The minimum atomic E-state index is -0.734. The van der Waals surface area contributed by atoms with Gasteiger partial charge in [0.15, 0.2) is 27.8 Å². The summed E-state index contributed by atoms with van der Waals surface area (Å²) in [5.41, 5.74) is 2.00. The van der Waals surface area contributed by atoms with Crippen molar-refractivity contribution >= 4 is 23.4 Å². The number of carbonyl (C=O) groups is 1. The number of allylic oxidation sites excluding steroid dienone is 1. The molecule has 5 rings (SSSR count). The Labute approximate surface area is 216 Å². The first-order valence-electron chi connectivity index (χ1n) is 11.8. The highest BCUT2D eigenvalue weighted by Gasteiger charge is 2.34. The van der Waals surface area contributed by atoms with E-state index in [0.717, 1.165) is 5.56 Å². The van der Waals surface area contributed by atoms with Crippen molar-refractivity contribution in [1.82, 2.24) is 4.57 Å². The first-order chi connectivity index (χ1) is 17.9. The number of ether oxygens (including phenoxy) is 5. The van der Waals surface area contributed by atoms with Crippen molar-refractivity contribution in [2.75, 3.05) is 27.1 Å². The van der Waals surface area contributed by atoms with E-state index < -0.39 is 12.0 Å². The third-order valence-corrected chi connectivity index (χ3v) is 7.00. The molecule has 0 spiro atoms. The second-order valence-corrected chi connectivity index (χ2v) is 9.27. The summed E-state index contributed by atoms with van der Waals surface area (Å²) >= 11 is 1.25. The number of rotatable bonds is 7. The monoisotopic (exact) mass is 522 g/mol. The topological polar surface area (TPSA) is 97.6 Å². The lowest BCUT2D eigenvalue weighted by atomic mass is 9.95. The summed E-state index contributed by atoms with van der Waals surface area (Å²) < 4.78 is 29.4. The van der Waals surface area contributed by atoms with Crippen LogP contribution < -0.4 is 33.8 Å². The van der Waals surface area contributed by atoms with E-state index >= 15 is 0 Å². The van der Waals surface area contributed by atoms with Crippen molar-refractivity contribution in [2.45, 2.75) is 26.8 Å². The predicted octanol–water partition coefficient (Wildman–Crippen LogP) is 2.93. The first-order valence-corrected chi connectivity index (χ1v) is 12.7. The highest BCUT2D eigenvalue weighted by atomic mass is 32.1. The molecular formula is C27H26N2O7S. The Hall–Kier alpha value is -4.05. The van der Waals surface area contributed by atoms with Gasteiger partial charge < -0.3 is 23.7 Å². The van der Waals surface area contributed by atoms with Crippen LogP contribution in [0.4, 0.5) is 0 Å². The number of methoxy groups -OCH3 is 1. The maximum absolute atomic E-state index is 13.8. The molecule has 2 aromatic carbocycles. The maximum Gasteiger partial charge on any atom is 0.338 e. The van der Waals surface area contributed by atoms with Crippen molar-refractivity contribution < 1.29 is 28.5 Å². The minimum absolute atomic E-state index is 0.118. The Balaban J connectivity index is 1.67. The fourth-order valence-corrected chi connectivity index (χ4v) is 5.44. The van der Waals surface area contributed by atoms with E-state index in [-0.39, 0.29) is 19.0 Å². The molecule has 0 bridgehead atoms. The molecule has 0 fully saturated rings. The van der Waals surface area contributed by atoms with Crippen LogP contribution in [0.1, 0.15) is 37.9 Å². The van der Waals surface area contributed by atoms with Crippen molar-refractivity contribution in [3.8, 4) is 23.0 Å². The summed E-state index contributed by atoms with van der Waals surface area (Å²) in [5, 5.41) is 0. The molecule has 0 unspecified atom stereocenters. The molecule has 37 heavy (non-hydrogen) atoms. The predicted molar refractivity (Wildman–Crippen MR) is 137 cm³/mol. The molecule has 3 heterocycles. The van der Waals surface area contributed by atoms with Gasteiger partial charge in [0, 0.05) is 0 Å². The molecule has 0 N–H and O–H groups in total. The Kier molecular flexibility index (Phi) is 6.75. The number of aromatic nitrogens is 1. The average Bonchev–Trinajstić information content (AvgIpc) is 3.48. The van der Waals surface area contributed by atoms with E-state index in [1.165, 1.54) is 11.3 Å². The molecule has 0 saturated heterocycles. The number of thiazole rings is 1.